The molecule has 2 heterocycles. The summed E-state index contributed by atoms with van der Waals surface area (Å²) in [6.45, 7) is 6.72. The van der Waals surface area contributed by atoms with Crippen LogP contribution in [-0.4, -0.2) is 41.4 Å². The highest BCUT2D eigenvalue weighted by molar-refractivity contribution is 5.80. The summed E-state index contributed by atoms with van der Waals surface area (Å²) in [5, 5.41) is 7.69. The lowest BCUT2D eigenvalue weighted by Crippen LogP contribution is -2.32. The van der Waals surface area contributed by atoms with Crippen LogP contribution in [0.4, 0.5) is 0 Å². The molecular weight excluding hydrogens is 254 g/mol. The third-order valence-electron chi connectivity index (χ3n) is 3.59. The molecule has 0 aliphatic carbocycles. The van der Waals surface area contributed by atoms with Gasteiger partial charge in [0, 0.05) is 18.7 Å². The summed E-state index contributed by atoms with van der Waals surface area (Å²) in [5.74, 6) is 0.202. The Bertz CT molecular complexity index is 423. The quantitative estimate of drug-likeness (QED) is 0.826. The molecule has 1 saturated heterocycles. The van der Waals surface area contributed by atoms with Crippen LogP contribution in [0.25, 0.3) is 0 Å². The van der Waals surface area contributed by atoms with Gasteiger partial charge in [0.1, 0.15) is 5.78 Å². The minimum absolute atomic E-state index is 0.202. The van der Waals surface area contributed by atoms with Crippen LogP contribution >= 0.6 is 0 Å². The van der Waals surface area contributed by atoms with Gasteiger partial charge in [-0.25, -0.2) is 0 Å². The lowest BCUT2D eigenvalue weighted by Gasteiger charge is -2.22. The number of piperidine rings is 1. The maximum Gasteiger partial charge on any atom is 0.141 e. The monoisotopic (exact) mass is 279 g/mol. The molecule has 1 aliphatic heterocycles. The van der Waals surface area contributed by atoms with E-state index in [4.69, 9.17) is 4.74 Å². The number of Topliss-reactive ketones (excluding diaryl/α,β-unsaturated/α-hetero) is 1. The van der Waals surface area contributed by atoms with E-state index in [9.17, 15) is 4.79 Å². The van der Waals surface area contributed by atoms with Gasteiger partial charge in [0.25, 0.3) is 0 Å². The number of carbonyl (C=O) groups excluding carboxylic acids is 1. The van der Waals surface area contributed by atoms with E-state index in [0.717, 1.165) is 31.6 Å². The van der Waals surface area contributed by atoms with Crippen molar-refractivity contribution in [2.24, 2.45) is 0 Å². The van der Waals surface area contributed by atoms with Crippen molar-refractivity contribution in [3.05, 3.63) is 18.0 Å². The van der Waals surface area contributed by atoms with Crippen molar-refractivity contribution in [3.8, 4) is 0 Å². The van der Waals surface area contributed by atoms with Gasteiger partial charge in [0.15, 0.2) is 0 Å². The molecule has 1 aliphatic rings. The Hall–Kier alpha value is -1.20. The molecule has 0 saturated carbocycles. The molecule has 112 valence electrons. The number of carbonyl (C=O) groups is 1. The smallest absolute Gasteiger partial charge is 0.141 e. The van der Waals surface area contributed by atoms with E-state index in [1.54, 1.807) is 0 Å². The van der Waals surface area contributed by atoms with Gasteiger partial charge in [-0.3, -0.25) is 9.48 Å². The van der Waals surface area contributed by atoms with Crippen LogP contribution in [0.1, 0.15) is 44.8 Å². The van der Waals surface area contributed by atoms with E-state index in [1.165, 1.54) is 0 Å². The number of nitrogens with one attached hydrogen (secondary N) is 1. The molecule has 0 spiro atoms. The van der Waals surface area contributed by atoms with Crippen LogP contribution in [0.3, 0.4) is 0 Å². The second-order valence-electron chi connectivity index (χ2n) is 5.67. The summed E-state index contributed by atoms with van der Waals surface area (Å²) < 4.78 is 7.63. The predicted octanol–water partition coefficient (Wildman–Crippen LogP) is 1.73. The van der Waals surface area contributed by atoms with Crippen molar-refractivity contribution in [2.75, 3.05) is 19.7 Å². The third kappa shape index (κ3) is 4.72. The number of hydrogen-bond donors (Lipinski definition) is 1. The van der Waals surface area contributed by atoms with E-state index in [2.05, 4.69) is 24.3 Å². The minimum Gasteiger partial charge on any atom is -0.378 e. The van der Waals surface area contributed by atoms with E-state index in [0.29, 0.717) is 31.6 Å². The number of rotatable bonds is 7. The van der Waals surface area contributed by atoms with Crippen molar-refractivity contribution >= 4 is 5.78 Å². The largest absolute Gasteiger partial charge is 0.378 e. The minimum atomic E-state index is 0.202. The van der Waals surface area contributed by atoms with E-state index in [1.807, 2.05) is 16.9 Å². The summed E-state index contributed by atoms with van der Waals surface area (Å²) in [7, 11) is 0. The third-order valence-corrected chi connectivity index (χ3v) is 3.59. The second-order valence-corrected chi connectivity index (χ2v) is 5.67. The highest BCUT2D eigenvalue weighted by Gasteiger charge is 2.14. The van der Waals surface area contributed by atoms with Gasteiger partial charge < -0.3 is 10.1 Å². The zero-order valence-corrected chi connectivity index (χ0v) is 12.5. The molecule has 1 aromatic rings. The van der Waals surface area contributed by atoms with Crippen molar-refractivity contribution in [1.29, 1.82) is 0 Å². The molecule has 2 rings (SSSR count). The highest BCUT2D eigenvalue weighted by atomic mass is 16.5. The number of hydrogen-bond acceptors (Lipinski definition) is 4. The van der Waals surface area contributed by atoms with E-state index in [-0.39, 0.29) is 5.78 Å². The first-order chi connectivity index (χ1) is 9.65. The maximum atomic E-state index is 11.9. The Morgan fingerprint density at radius 3 is 2.90 bits per heavy atom. The molecule has 1 aromatic heterocycles. The summed E-state index contributed by atoms with van der Waals surface area (Å²) in [6.07, 6.45) is 5.25. The number of nitrogens with zero attached hydrogens (tertiary/aromatic N) is 2. The summed E-state index contributed by atoms with van der Waals surface area (Å²) >= 11 is 0. The normalized spacial score (nSPS) is 16.8. The fraction of sp³-hybridized carbons (Fsp3) is 0.733. The molecule has 5 nitrogen and oxygen atoms in total. The molecule has 0 atom stereocenters. The van der Waals surface area contributed by atoms with Gasteiger partial charge in [0.2, 0.25) is 0 Å². The highest BCUT2D eigenvalue weighted by Crippen LogP contribution is 2.09. The van der Waals surface area contributed by atoms with Crippen molar-refractivity contribution in [2.45, 2.75) is 51.7 Å². The lowest BCUT2D eigenvalue weighted by molar-refractivity contribution is -0.120. The SMILES string of the molecule is CC(C)n1ccc(CC(=O)CCOC2CCNCC2)n1. The van der Waals surface area contributed by atoms with Gasteiger partial charge in [-0.2, -0.15) is 5.10 Å². The maximum absolute atomic E-state index is 11.9. The topological polar surface area (TPSA) is 56.1 Å². The van der Waals surface area contributed by atoms with Crippen LogP contribution in [0, 0.1) is 0 Å². The average Bonchev–Trinajstić information content (AvgIpc) is 2.88. The standard InChI is InChI=1S/C15H25N3O2/c1-12(2)18-9-5-13(17-18)11-14(19)6-10-20-15-3-7-16-8-4-15/h5,9,12,15-16H,3-4,6-8,10-11H2,1-2H3. The van der Waals surface area contributed by atoms with E-state index < -0.39 is 0 Å². The predicted molar refractivity (Wildman–Crippen MR) is 77.8 cm³/mol. The van der Waals surface area contributed by atoms with E-state index >= 15 is 0 Å². The first-order valence-electron chi connectivity index (χ1n) is 7.53. The average molecular weight is 279 g/mol. The Morgan fingerprint density at radius 2 is 2.25 bits per heavy atom. The number of ether oxygens (including phenoxy) is 1. The first kappa shape index (κ1) is 15.2. The summed E-state index contributed by atoms with van der Waals surface area (Å²) in [4.78, 5) is 11.9. The fourth-order valence-corrected chi connectivity index (χ4v) is 2.35. The van der Waals surface area contributed by atoms with Gasteiger partial charge in [-0.05, 0) is 45.8 Å². The summed E-state index contributed by atoms with van der Waals surface area (Å²) in [6, 6.07) is 2.26. The number of ketones is 1. The Morgan fingerprint density at radius 1 is 1.50 bits per heavy atom. The Labute approximate surface area is 120 Å². The zero-order chi connectivity index (χ0) is 14.4. The zero-order valence-electron chi connectivity index (χ0n) is 12.5. The van der Waals surface area contributed by atoms with Crippen LogP contribution in [0.5, 0.6) is 0 Å². The van der Waals surface area contributed by atoms with Crippen LogP contribution in [-0.2, 0) is 16.0 Å². The fourth-order valence-electron chi connectivity index (χ4n) is 2.35. The lowest BCUT2D eigenvalue weighted by atomic mass is 10.1. The molecular formula is C15H25N3O2. The van der Waals surface area contributed by atoms with Crippen LogP contribution < -0.4 is 5.32 Å². The van der Waals surface area contributed by atoms with Gasteiger partial charge >= 0.3 is 0 Å². The first-order valence-corrected chi connectivity index (χ1v) is 7.53. The van der Waals surface area contributed by atoms with Crippen molar-refractivity contribution in [3.63, 3.8) is 0 Å². The van der Waals surface area contributed by atoms with Crippen LogP contribution in [0.2, 0.25) is 0 Å². The molecule has 1 N–H and O–H groups in total. The molecule has 5 heteroatoms. The molecule has 0 aromatic carbocycles. The van der Waals surface area contributed by atoms with Gasteiger partial charge in [0.05, 0.1) is 24.8 Å². The number of aromatic nitrogens is 2. The van der Waals surface area contributed by atoms with Gasteiger partial charge in [-0.15, -0.1) is 0 Å². The molecule has 0 radical (unpaired) electrons. The molecule has 0 amide bonds. The molecule has 0 bridgehead atoms. The molecule has 20 heavy (non-hydrogen) atoms. The molecule has 1 fully saturated rings. The van der Waals surface area contributed by atoms with Crippen molar-refractivity contribution in [1.82, 2.24) is 15.1 Å². The molecule has 0 unspecified atom stereocenters. The Balaban J connectivity index is 1.66. The van der Waals surface area contributed by atoms with Crippen molar-refractivity contribution < 1.29 is 9.53 Å². The van der Waals surface area contributed by atoms with Gasteiger partial charge in [-0.1, -0.05) is 0 Å². The Kier molecular flexibility index (Phi) is 5.73. The van der Waals surface area contributed by atoms with Crippen LogP contribution in [0.15, 0.2) is 12.3 Å². The summed E-state index contributed by atoms with van der Waals surface area (Å²) in [5.41, 5.74) is 0.852. The second kappa shape index (κ2) is 7.55.